The van der Waals surface area contributed by atoms with Gasteiger partial charge in [0.1, 0.15) is 11.8 Å². The van der Waals surface area contributed by atoms with Gasteiger partial charge in [-0.25, -0.2) is 0 Å². The Labute approximate surface area is 215 Å². The molecular formula is C31H38N2O3. The molecule has 1 N–H and O–H groups in total. The van der Waals surface area contributed by atoms with Crippen LogP contribution >= 0.6 is 0 Å². The van der Waals surface area contributed by atoms with Crippen LogP contribution in [0, 0.1) is 6.92 Å². The Morgan fingerprint density at radius 1 is 0.917 bits per heavy atom. The highest BCUT2D eigenvalue weighted by Crippen LogP contribution is 2.24. The van der Waals surface area contributed by atoms with Gasteiger partial charge in [0.05, 0.1) is 0 Å². The number of ether oxygens (including phenoxy) is 1. The first kappa shape index (κ1) is 27.0. The molecule has 0 aliphatic rings. The van der Waals surface area contributed by atoms with Crippen LogP contribution in [0.25, 0.3) is 0 Å². The number of benzene rings is 3. The molecule has 3 rings (SSSR count). The number of hydrogen-bond donors (Lipinski definition) is 1. The Morgan fingerprint density at radius 3 is 2.19 bits per heavy atom. The quantitative estimate of drug-likeness (QED) is 0.415. The van der Waals surface area contributed by atoms with Crippen molar-refractivity contribution >= 4 is 11.8 Å². The maximum Gasteiger partial charge on any atom is 0.261 e. The number of likely N-dealkylation sites (N-methyl/N-ethyl adjacent to an activating group) is 1. The summed E-state index contributed by atoms with van der Waals surface area (Å²) in [5.41, 5.74) is 4.31. The Morgan fingerprint density at radius 2 is 1.58 bits per heavy atom. The Bertz CT molecular complexity index is 1130. The highest BCUT2D eigenvalue weighted by molar-refractivity contribution is 5.88. The number of carbonyl (C=O) groups is 2. The summed E-state index contributed by atoms with van der Waals surface area (Å²) in [6.07, 6.45) is 0.421. The normalized spacial score (nSPS) is 12.0. The largest absolute Gasteiger partial charge is 0.484 e. The van der Waals surface area contributed by atoms with Gasteiger partial charge >= 0.3 is 0 Å². The third-order valence-corrected chi connectivity index (χ3v) is 6.14. The lowest BCUT2D eigenvalue weighted by atomic mass is 9.87. The summed E-state index contributed by atoms with van der Waals surface area (Å²) >= 11 is 0. The van der Waals surface area contributed by atoms with Crippen molar-refractivity contribution in [2.75, 3.05) is 13.2 Å². The first-order valence-electron chi connectivity index (χ1n) is 12.6. The lowest BCUT2D eigenvalue weighted by molar-refractivity contribution is -0.142. The number of rotatable bonds is 10. The Hall–Kier alpha value is -3.60. The van der Waals surface area contributed by atoms with Crippen molar-refractivity contribution in [1.82, 2.24) is 10.2 Å². The van der Waals surface area contributed by atoms with Crippen LogP contribution in [0.4, 0.5) is 0 Å². The van der Waals surface area contributed by atoms with E-state index >= 15 is 0 Å². The molecule has 0 saturated carbocycles. The van der Waals surface area contributed by atoms with Gasteiger partial charge in [-0.2, -0.15) is 0 Å². The number of nitrogens with one attached hydrogen (secondary N) is 1. The van der Waals surface area contributed by atoms with E-state index in [0.29, 0.717) is 25.3 Å². The van der Waals surface area contributed by atoms with Crippen molar-refractivity contribution in [3.63, 3.8) is 0 Å². The molecule has 0 bridgehead atoms. The van der Waals surface area contributed by atoms with Crippen LogP contribution in [0.15, 0.2) is 78.9 Å². The summed E-state index contributed by atoms with van der Waals surface area (Å²) < 4.78 is 5.90. The monoisotopic (exact) mass is 486 g/mol. The second-order valence-corrected chi connectivity index (χ2v) is 10.2. The molecule has 2 amide bonds. The average Bonchev–Trinajstić information content (AvgIpc) is 2.85. The van der Waals surface area contributed by atoms with Crippen LogP contribution in [0.5, 0.6) is 5.75 Å². The molecule has 0 fully saturated rings. The second kappa shape index (κ2) is 12.4. The molecule has 0 saturated heterocycles. The number of nitrogens with zero attached hydrogens (tertiary/aromatic N) is 1. The minimum absolute atomic E-state index is 0.0380. The molecule has 0 spiro atoms. The van der Waals surface area contributed by atoms with Crippen molar-refractivity contribution in [2.24, 2.45) is 0 Å². The van der Waals surface area contributed by atoms with E-state index in [1.807, 2.05) is 92.7 Å². The second-order valence-electron chi connectivity index (χ2n) is 10.2. The van der Waals surface area contributed by atoms with Crippen LogP contribution in [0.2, 0.25) is 0 Å². The third kappa shape index (κ3) is 7.70. The van der Waals surface area contributed by atoms with Gasteiger partial charge in [-0.3, -0.25) is 9.59 Å². The molecule has 0 heterocycles. The summed E-state index contributed by atoms with van der Waals surface area (Å²) in [5.74, 6) is 0.227. The molecular weight excluding hydrogens is 448 g/mol. The summed E-state index contributed by atoms with van der Waals surface area (Å²) in [6.45, 7) is 11.0. The predicted octanol–water partition coefficient (Wildman–Crippen LogP) is 5.45. The minimum Gasteiger partial charge on any atom is -0.484 e. The molecule has 5 heteroatoms. The third-order valence-electron chi connectivity index (χ3n) is 6.14. The van der Waals surface area contributed by atoms with E-state index in [9.17, 15) is 9.59 Å². The highest BCUT2D eigenvalue weighted by Gasteiger charge is 2.30. The molecule has 0 aliphatic heterocycles. The lowest BCUT2D eigenvalue weighted by Crippen LogP contribution is -2.51. The summed E-state index contributed by atoms with van der Waals surface area (Å²) in [5, 5.41) is 2.92. The standard InChI is InChI=1S/C31H38N2O3/c1-6-32-30(35)28(20-24-12-8-7-9-13-24)33(21-25-14-10-11-23(2)19-25)29(34)22-36-27-17-15-26(16-18-27)31(3,4)5/h7-19,28H,6,20-22H2,1-5H3,(H,32,35). The summed E-state index contributed by atoms with van der Waals surface area (Å²) in [4.78, 5) is 28.5. The van der Waals surface area contributed by atoms with Gasteiger partial charge in [0.2, 0.25) is 5.91 Å². The molecule has 3 aromatic rings. The molecule has 0 radical (unpaired) electrons. The molecule has 36 heavy (non-hydrogen) atoms. The number of hydrogen-bond acceptors (Lipinski definition) is 3. The Kier molecular flexibility index (Phi) is 9.29. The molecule has 190 valence electrons. The van der Waals surface area contributed by atoms with Gasteiger partial charge in [-0.05, 0) is 48.1 Å². The molecule has 1 unspecified atom stereocenters. The van der Waals surface area contributed by atoms with E-state index in [-0.39, 0.29) is 23.8 Å². The fraction of sp³-hybridized carbons (Fsp3) is 0.355. The van der Waals surface area contributed by atoms with E-state index in [2.05, 4.69) is 26.1 Å². The smallest absolute Gasteiger partial charge is 0.261 e. The molecule has 0 aromatic heterocycles. The first-order chi connectivity index (χ1) is 17.2. The summed E-state index contributed by atoms with van der Waals surface area (Å²) in [7, 11) is 0. The maximum atomic E-state index is 13.6. The van der Waals surface area contributed by atoms with Gasteiger partial charge in [-0.1, -0.05) is 93.1 Å². The van der Waals surface area contributed by atoms with Crippen molar-refractivity contribution in [1.29, 1.82) is 0 Å². The van der Waals surface area contributed by atoms with Gasteiger partial charge in [0.25, 0.3) is 5.91 Å². The number of aryl methyl sites for hydroxylation is 1. The van der Waals surface area contributed by atoms with Crippen molar-refractivity contribution in [3.05, 3.63) is 101 Å². The zero-order valence-electron chi connectivity index (χ0n) is 22.1. The van der Waals surface area contributed by atoms with Gasteiger partial charge < -0.3 is 15.0 Å². The van der Waals surface area contributed by atoms with Gasteiger partial charge in [0, 0.05) is 19.5 Å². The number of carbonyl (C=O) groups excluding carboxylic acids is 2. The highest BCUT2D eigenvalue weighted by atomic mass is 16.5. The van der Waals surface area contributed by atoms with Crippen LogP contribution in [0.3, 0.4) is 0 Å². The van der Waals surface area contributed by atoms with Gasteiger partial charge in [0.15, 0.2) is 6.61 Å². The molecule has 5 nitrogen and oxygen atoms in total. The van der Waals surface area contributed by atoms with Crippen LogP contribution in [-0.4, -0.2) is 35.9 Å². The zero-order valence-corrected chi connectivity index (χ0v) is 22.1. The maximum absolute atomic E-state index is 13.6. The topological polar surface area (TPSA) is 58.6 Å². The first-order valence-corrected chi connectivity index (χ1v) is 12.6. The lowest BCUT2D eigenvalue weighted by Gasteiger charge is -2.31. The minimum atomic E-state index is -0.660. The van der Waals surface area contributed by atoms with Gasteiger partial charge in [-0.15, -0.1) is 0 Å². The van der Waals surface area contributed by atoms with Crippen LogP contribution in [-0.2, 0) is 28.0 Å². The van der Waals surface area contributed by atoms with E-state index in [4.69, 9.17) is 4.74 Å². The van der Waals surface area contributed by atoms with Crippen molar-refractivity contribution in [2.45, 2.75) is 59.0 Å². The van der Waals surface area contributed by atoms with Crippen LogP contribution in [0.1, 0.15) is 49.9 Å². The average molecular weight is 487 g/mol. The van der Waals surface area contributed by atoms with Crippen LogP contribution < -0.4 is 10.1 Å². The predicted molar refractivity (Wildman–Crippen MR) is 145 cm³/mol. The number of amides is 2. The Balaban J connectivity index is 1.86. The fourth-order valence-electron chi connectivity index (χ4n) is 4.13. The van der Waals surface area contributed by atoms with E-state index in [1.54, 1.807) is 4.90 Å². The van der Waals surface area contributed by atoms with Crippen molar-refractivity contribution < 1.29 is 14.3 Å². The van der Waals surface area contributed by atoms with E-state index in [1.165, 1.54) is 5.56 Å². The molecule has 1 atom stereocenters. The van der Waals surface area contributed by atoms with E-state index < -0.39 is 6.04 Å². The SMILES string of the molecule is CCNC(=O)C(Cc1ccccc1)N(Cc1cccc(C)c1)C(=O)COc1ccc(C(C)(C)C)cc1. The molecule has 0 aliphatic carbocycles. The zero-order chi connectivity index (χ0) is 26.1. The van der Waals surface area contributed by atoms with E-state index in [0.717, 1.165) is 16.7 Å². The summed E-state index contributed by atoms with van der Waals surface area (Å²) in [6, 6.07) is 25.0. The van der Waals surface area contributed by atoms with Crippen molar-refractivity contribution in [3.8, 4) is 5.75 Å². The fourth-order valence-corrected chi connectivity index (χ4v) is 4.13. The molecule has 3 aromatic carbocycles.